The molecule has 0 spiro atoms. The smallest absolute Gasteiger partial charge is 0.323 e. The molecule has 20 heavy (non-hydrogen) atoms. The highest BCUT2D eigenvalue weighted by Gasteiger charge is 2.30. The SMILES string of the molecule is CNC(C)(CCCCN(CC(C)C)CC(C)C)C(=O)O. The Morgan fingerprint density at radius 1 is 1.15 bits per heavy atom. The van der Waals surface area contributed by atoms with E-state index < -0.39 is 11.5 Å². The molecule has 0 aromatic rings. The molecule has 120 valence electrons. The summed E-state index contributed by atoms with van der Waals surface area (Å²) in [7, 11) is 1.72. The molecule has 0 bridgehead atoms. The number of hydrogen-bond donors (Lipinski definition) is 2. The van der Waals surface area contributed by atoms with Gasteiger partial charge in [-0.1, -0.05) is 27.7 Å². The van der Waals surface area contributed by atoms with Gasteiger partial charge in [-0.15, -0.1) is 0 Å². The standard InChI is InChI=1S/C16H34N2O2/c1-13(2)11-18(12-14(3)4)10-8-7-9-16(5,17-6)15(19)20/h13-14,17H,7-12H2,1-6H3,(H,19,20). The van der Waals surface area contributed by atoms with Crippen LogP contribution in [-0.4, -0.2) is 48.2 Å². The molecular formula is C16H34N2O2. The summed E-state index contributed by atoms with van der Waals surface area (Å²) in [5.74, 6) is 0.590. The number of hydrogen-bond acceptors (Lipinski definition) is 3. The predicted octanol–water partition coefficient (Wildman–Crippen LogP) is 2.83. The van der Waals surface area contributed by atoms with Crippen LogP contribution in [-0.2, 0) is 4.79 Å². The maximum absolute atomic E-state index is 11.2. The van der Waals surface area contributed by atoms with Gasteiger partial charge in [0.05, 0.1) is 0 Å². The number of carboxylic acids is 1. The average Bonchev–Trinajstić information content (AvgIpc) is 2.32. The maximum atomic E-state index is 11.2. The molecular weight excluding hydrogens is 252 g/mol. The van der Waals surface area contributed by atoms with Crippen LogP contribution in [0.4, 0.5) is 0 Å². The highest BCUT2D eigenvalue weighted by molar-refractivity contribution is 5.78. The van der Waals surface area contributed by atoms with Gasteiger partial charge >= 0.3 is 5.97 Å². The van der Waals surface area contributed by atoms with E-state index in [1.165, 1.54) is 0 Å². The van der Waals surface area contributed by atoms with Crippen molar-refractivity contribution < 1.29 is 9.90 Å². The first-order valence-electron chi connectivity index (χ1n) is 7.86. The Labute approximate surface area is 124 Å². The molecule has 0 fully saturated rings. The van der Waals surface area contributed by atoms with E-state index in [1.54, 1.807) is 14.0 Å². The third-order valence-corrected chi connectivity index (χ3v) is 3.67. The Hall–Kier alpha value is -0.610. The van der Waals surface area contributed by atoms with Crippen LogP contribution in [0.3, 0.4) is 0 Å². The number of unbranched alkanes of at least 4 members (excludes halogenated alkanes) is 1. The van der Waals surface area contributed by atoms with Crippen LogP contribution in [0.15, 0.2) is 0 Å². The molecule has 4 heteroatoms. The van der Waals surface area contributed by atoms with Crippen molar-refractivity contribution in [1.82, 2.24) is 10.2 Å². The summed E-state index contributed by atoms with van der Waals surface area (Å²) < 4.78 is 0. The molecule has 4 nitrogen and oxygen atoms in total. The van der Waals surface area contributed by atoms with Gasteiger partial charge in [0, 0.05) is 13.1 Å². The normalized spacial score (nSPS) is 15.1. The molecule has 0 saturated carbocycles. The molecule has 0 radical (unpaired) electrons. The Kier molecular flexibility index (Phi) is 9.06. The van der Waals surface area contributed by atoms with Crippen LogP contribution < -0.4 is 5.32 Å². The monoisotopic (exact) mass is 286 g/mol. The van der Waals surface area contributed by atoms with Crippen molar-refractivity contribution >= 4 is 5.97 Å². The molecule has 0 saturated heterocycles. The fraction of sp³-hybridized carbons (Fsp3) is 0.938. The molecule has 1 unspecified atom stereocenters. The Bertz CT molecular complexity index is 270. The van der Waals surface area contributed by atoms with E-state index >= 15 is 0 Å². The van der Waals surface area contributed by atoms with Gasteiger partial charge in [-0.2, -0.15) is 0 Å². The number of aliphatic carboxylic acids is 1. The number of carboxylic acid groups (broad SMARTS) is 1. The first-order valence-corrected chi connectivity index (χ1v) is 7.86. The molecule has 0 aromatic heterocycles. The summed E-state index contributed by atoms with van der Waals surface area (Å²) >= 11 is 0. The van der Waals surface area contributed by atoms with Crippen LogP contribution in [0.25, 0.3) is 0 Å². The van der Waals surface area contributed by atoms with Crippen molar-refractivity contribution in [2.75, 3.05) is 26.7 Å². The second-order valence-electron chi connectivity index (χ2n) is 6.89. The van der Waals surface area contributed by atoms with Gasteiger partial charge in [-0.25, -0.2) is 0 Å². The topological polar surface area (TPSA) is 52.6 Å². The van der Waals surface area contributed by atoms with E-state index in [4.69, 9.17) is 0 Å². The van der Waals surface area contributed by atoms with Gasteiger partial charge < -0.3 is 15.3 Å². The van der Waals surface area contributed by atoms with Gasteiger partial charge in [0.15, 0.2) is 0 Å². The van der Waals surface area contributed by atoms with Crippen molar-refractivity contribution in [3.8, 4) is 0 Å². The van der Waals surface area contributed by atoms with Gasteiger partial charge in [0.25, 0.3) is 0 Å². The Morgan fingerprint density at radius 3 is 2.00 bits per heavy atom. The summed E-state index contributed by atoms with van der Waals surface area (Å²) in [5, 5.41) is 12.1. The van der Waals surface area contributed by atoms with Gasteiger partial charge in [0.1, 0.15) is 5.54 Å². The minimum atomic E-state index is -0.791. The average molecular weight is 286 g/mol. The van der Waals surface area contributed by atoms with E-state index in [1.807, 2.05) is 0 Å². The minimum absolute atomic E-state index is 0.676. The van der Waals surface area contributed by atoms with Crippen LogP contribution >= 0.6 is 0 Å². The molecule has 0 amide bonds. The van der Waals surface area contributed by atoms with Crippen LogP contribution in [0.2, 0.25) is 0 Å². The second-order valence-corrected chi connectivity index (χ2v) is 6.89. The number of likely N-dealkylation sites (N-methyl/N-ethyl adjacent to an activating group) is 1. The first-order chi connectivity index (χ1) is 9.21. The Balaban J connectivity index is 4.13. The molecule has 0 rings (SSSR count). The van der Waals surface area contributed by atoms with Crippen LogP contribution in [0.1, 0.15) is 53.9 Å². The van der Waals surface area contributed by atoms with E-state index in [-0.39, 0.29) is 0 Å². The lowest BCUT2D eigenvalue weighted by molar-refractivity contribution is -0.144. The quantitative estimate of drug-likeness (QED) is 0.574. The molecule has 0 aliphatic rings. The zero-order valence-corrected chi connectivity index (χ0v) is 14.2. The first kappa shape index (κ1) is 19.4. The number of carbonyl (C=O) groups is 1. The second kappa shape index (κ2) is 9.35. The lowest BCUT2D eigenvalue weighted by atomic mass is 9.95. The third kappa shape index (κ3) is 7.85. The van der Waals surface area contributed by atoms with E-state index in [9.17, 15) is 9.90 Å². The van der Waals surface area contributed by atoms with E-state index in [0.29, 0.717) is 18.3 Å². The number of nitrogens with zero attached hydrogens (tertiary/aromatic N) is 1. The zero-order chi connectivity index (χ0) is 15.8. The van der Waals surface area contributed by atoms with Crippen molar-refractivity contribution in [2.24, 2.45) is 11.8 Å². The van der Waals surface area contributed by atoms with Gasteiger partial charge in [0.2, 0.25) is 0 Å². The van der Waals surface area contributed by atoms with Crippen molar-refractivity contribution in [3.05, 3.63) is 0 Å². The maximum Gasteiger partial charge on any atom is 0.323 e. The fourth-order valence-electron chi connectivity index (χ4n) is 2.44. The highest BCUT2D eigenvalue weighted by Crippen LogP contribution is 2.14. The van der Waals surface area contributed by atoms with Crippen LogP contribution in [0.5, 0.6) is 0 Å². The van der Waals surface area contributed by atoms with Crippen LogP contribution in [0, 0.1) is 11.8 Å². The molecule has 1 atom stereocenters. The van der Waals surface area contributed by atoms with Crippen molar-refractivity contribution in [2.45, 2.75) is 59.4 Å². The predicted molar refractivity (Wildman–Crippen MR) is 85.1 cm³/mol. The fourth-order valence-corrected chi connectivity index (χ4v) is 2.44. The molecule has 0 heterocycles. The summed E-state index contributed by atoms with van der Waals surface area (Å²) in [6.45, 7) is 14.1. The number of nitrogens with one attached hydrogen (secondary N) is 1. The van der Waals surface area contributed by atoms with Crippen molar-refractivity contribution in [3.63, 3.8) is 0 Å². The molecule has 0 aromatic carbocycles. The molecule has 2 N–H and O–H groups in total. The largest absolute Gasteiger partial charge is 0.480 e. The van der Waals surface area contributed by atoms with E-state index in [2.05, 4.69) is 37.9 Å². The summed E-state index contributed by atoms with van der Waals surface area (Å²) in [6, 6.07) is 0. The highest BCUT2D eigenvalue weighted by atomic mass is 16.4. The lowest BCUT2D eigenvalue weighted by Crippen LogP contribution is -2.47. The Morgan fingerprint density at radius 2 is 1.65 bits per heavy atom. The zero-order valence-electron chi connectivity index (χ0n) is 14.2. The minimum Gasteiger partial charge on any atom is -0.480 e. The summed E-state index contributed by atoms with van der Waals surface area (Å²) in [4.78, 5) is 13.7. The number of rotatable bonds is 11. The molecule has 0 aliphatic carbocycles. The third-order valence-electron chi connectivity index (χ3n) is 3.67. The molecule has 0 aliphatic heterocycles. The van der Waals surface area contributed by atoms with Gasteiger partial charge in [-0.3, -0.25) is 4.79 Å². The van der Waals surface area contributed by atoms with Gasteiger partial charge in [-0.05, 0) is 51.6 Å². The lowest BCUT2D eigenvalue weighted by Gasteiger charge is -2.27. The van der Waals surface area contributed by atoms with Crippen molar-refractivity contribution in [1.29, 1.82) is 0 Å². The summed E-state index contributed by atoms with van der Waals surface area (Å²) in [6.07, 6.45) is 2.68. The van der Waals surface area contributed by atoms with E-state index in [0.717, 1.165) is 32.5 Å². The summed E-state index contributed by atoms with van der Waals surface area (Å²) in [5.41, 5.74) is -0.791.